The fraction of sp³-hybridized carbons (Fsp3) is 0.273. The van der Waals surface area contributed by atoms with Gasteiger partial charge in [0.1, 0.15) is 5.75 Å². The summed E-state index contributed by atoms with van der Waals surface area (Å²) in [6.45, 7) is 0.731. The van der Waals surface area contributed by atoms with Gasteiger partial charge in [0.05, 0.1) is 12.6 Å². The predicted octanol–water partition coefficient (Wildman–Crippen LogP) is 3.24. The Hall–Kier alpha value is -1.14. The molecule has 1 aliphatic heterocycles. The summed E-state index contributed by atoms with van der Waals surface area (Å²) in [6, 6.07) is 8.35. The van der Waals surface area contributed by atoms with Gasteiger partial charge in [-0.1, -0.05) is 29.5 Å². The molecule has 2 aromatic rings. The Labute approximate surface area is 111 Å². The van der Waals surface area contributed by atoms with Crippen molar-refractivity contribution in [3.63, 3.8) is 0 Å². The SMILES string of the molecule is Brc1nnc(NC2CCOc3ccccc32)s1. The molecule has 0 spiro atoms. The largest absolute Gasteiger partial charge is 0.493 e. The lowest BCUT2D eigenvalue weighted by Gasteiger charge is -2.26. The van der Waals surface area contributed by atoms with E-state index in [0.717, 1.165) is 27.8 Å². The monoisotopic (exact) mass is 311 g/mol. The average Bonchev–Trinajstić information content (AvgIpc) is 2.75. The van der Waals surface area contributed by atoms with E-state index in [1.807, 2.05) is 18.2 Å². The zero-order valence-electron chi connectivity index (χ0n) is 8.89. The molecule has 1 aliphatic rings. The van der Waals surface area contributed by atoms with E-state index in [4.69, 9.17) is 4.74 Å². The minimum atomic E-state index is 0.250. The fourth-order valence-electron chi connectivity index (χ4n) is 1.90. The average molecular weight is 312 g/mol. The molecule has 4 nitrogen and oxygen atoms in total. The summed E-state index contributed by atoms with van der Waals surface area (Å²) in [6.07, 6.45) is 0.939. The second kappa shape index (κ2) is 4.62. The maximum absolute atomic E-state index is 5.61. The number of halogens is 1. The highest BCUT2D eigenvalue weighted by atomic mass is 79.9. The quantitative estimate of drug-likeness (QED) is 0.925. The summed E-state index contributed by atoms with van der Waals surface area (Å²) in [5, 5.41) is 12.2. The van der Waals surface area contributed by atoms with Crippen LogP contribution >= 0.6 is 27.3 Å². The number of nitrogens with one attached hydrogen (secondary N) is 1. The summed E-state index contributed by atoms with van der Waals surface area (Å²) in [5.74, 6) is 0.958. The van der Waals surface area contributed by atoms with Crippen LogP contribution in [0, 0.1) is 0 Å². The number of hydrogen-bond donors (Lipinski definition) is 1. The van der Waals surface area contributed by atoms with Crippen molar-refractivity contribution in [1.29, 1.82) is 0 Å². The summed E-state index contributed by atoms with van der Waals surface area (Å²) in [5.41, 5.74) is 1.19. The Kier molecular flexibility index (Phi) is 2.98. The molecule has 2 heterocycles. The summed E-state index contributed by atoms with van der Waals surface area (Å²) >= 11 is 4.81. The second-order valence-electron chi connectivity index (χ2n) is 3.73. The van der Waals surface area contributed by atoms with Crippen LogP contribution in [0.3, 0.4) is 0 Å². The van der Waals surface area contributed by atoms with Gasteiger partial charge in [0.2, 0.25) is 5.13 Å². The Bertz CT molecular complexity index is 531. The molecule has 0 fully saturated rings. The number of nitrogens with zero attached hydrogens (tertiary/aromatic N) is 2. The summed E-state index contributed by atoms with van der Waals surface area (Å²) < 4.78 is 6.41. The van der Waals surface area contributed by atoms with Gasteiger partial charge < -0.3 is 10.1 Å². The Morgan fingerprint density at radius 3 is 3.06 bits per heavy atom. The van der Waals surface area contributed by atoms with Crippen molar-refractivity contribution >= 4 is 32.4 Å². The Morgan fingerprint density at radius 2 is 2.24 bits per heavy atom. The van der Waals surface area contributed by atoms with Gasteiger partial charge in [0.15, 0.2) is 3.92 Å². The second-order valence-corrected chi connectivity index (χ2v) is 5.99. The molecular weight excluding hydrogens is 302 g/mol. The van der Waals surface area contributed by atoms with Crippen LogP contribution in [0.25, 0.3) is 0 Å². The predicted molar refractivity (Wildman–Crippen MR) is 70.5 cm³/mol. The minimum absolute atomic E-state index is 0.250. The zero-order valence-corrected chi connectivity index (χ0v) is 11.3. The van der Waals surface area contributed by atoms with E-state index in [-0.39, 0.29) is 6.04 Å². The maximum atomic E-state index is 5.61. The first-order chi connectivity index (χ1) is 8.33. The lowest BCUT2D eigenvalue weighted by Crippen LogP contribution is -2.20. The molecule has 1 N–H and O–H groups in total. The summed E-state index contributed by atoms with van der Waals surface area (Å²) in [7, 11) is 0. The van der Waals surface area contributed by atoms with Crippen LogP contribution in [0.15, 0.2) is 28.2 Å². The van der Waals surface area contributed by atoms with E-state index in [1.54, 1.807) is 0 Å². The number of para-hydroxylation sites is 1. The fourth-order valence-corrected chi connectivity index (χ4v) is 2.97. The Balaban J connectivity index is 1.85. The lowest BCUT2D eigenvalue weighted by molar-refractivity contribution is 0.274. The topological polar surface area (TPSA) is 47.0 Å². The number of aromatic nitrogens is 2. The highest BCUT2D eigenvalue weighted by Gasteiger charge is 2.21. The van der Waals surface area contributed by atoms with Crippen molar-refractivity contribution in [1.82, 2.24) is 10.2 Å². The molecule has 6 heteroatoms. The standard InChI is InChI=1S/C11H10BrN3OS/c12-10-14-15-11(17-10)13-8-5-6-16-9-4-2-1-3-7(8)9/h1-4,8H,5-6H2,(H,13,15). The van der Waals surface area contributed by atoms with Gasteiger partial charge in [0, 0.05) is 12.0 Å². The molecule has 0 aliphatic carbocycles. The van der Waals surface area contributed by atoms with Crippen molar-refractivity contribution in [3.05, 3.63) is 33.7 Å². The van der Waals surface area contributed by atoms with E-state index in [0.29, 0.717) is 0 Å². The van der Waals surface area contributed by atoms with E-state index in [9.17, 15) is 0 Å². The van der Waals surface area contributed by atoms with E-state index < -0.39 is 0 Å². The highest BCUT2D eigenvalue weighted by molar-refractivity contribution is 9.11. The molecule has 0 saturated carbocycles. The molecule has 0 saturated heterocycles. The number of anilines is 1. The van der Waals surface area contributed by atoms with Gasteiger partial charge in [-0.3, -0.25) is 0 Å². The first-order valence-corrected chi connectivity index (χ1v) is 6.91. The van der Waals surface area contributed by atoms with Crippen LogP contribution in [-0.2, 0) is 0 Å². The lowest BCUT2D eigenvalue weighted by atomic mass is 10.0. The molecule has 0 radical (unpaired) electrons. The molecule has 1 aromatic carbocycles. The smallest absolute Gasteiger partial charge is 0.206 e. The third kappa shape index (κ3) is 2.28. The van der Waals surface area contributed by atoms with Crippen LogP contribution < -0.4 is 10.1 Å². The number of benzene rings is 1. The maximum Gasteiger partial charge on any atom is 0.206 e. The van der Waals surface area contributed by atoms with Crippen LogP contribution in [-0.4, -0.2) is 16.8 Å². The molecule has 0 amide bonds. The molecule has 3 rings (SSSR count). The van der Waals surface area contributed by atoms with Crippen LogP contribution in [0.4, 0.5) is 5.13 Å². The van der Waals surface area contributed by atoms with Gasteiger partial charge in [-0.15, -0.1) is 10.2 Å². The van der Waals surface area contributed by atoms with E-state index in [2.05, 4.69) is 37.5 Å². The van der Waals surface area contributed by atoms with Gasteiger partial charge in [-0.2, -0.15) is 0 Å². The van der Waals surface area contributed by atoms with Crippen LogP contribution in [0.2, 0.25) is 0 Å². The van der Waals surface area contributed by atoms with Crippen LogP contribution in [0.1, 0.15) is 18.0 Å². The number of ether oxygens (including phenoxy) is 1. The van der Waals surface area contributed by atoms with Gasteiger partial charge >= 0.3 is 0 Å². The van der Waals surface area contributed by atoms with Crippen molar-refractivity contribution in [2.75, 3.05) is 11.9 Å². The number of hydrogen-bond acceptors (Lipinski definition) is 5. The van der Waals surface area contributed by atoms with Crippen molar-refractivity contribution < 1.29 is 4.74 Å². The molecule has 0 bridgehead atoms. The normalized spacial score (nSPS) is 18.3. The molecule has 1 unspecified atom stereocenters. The first kappa shape index (κ1) is 11.0. The van der Waals surface area contributed by atoms with E-state index >= 15 is 0 Å². The third-order valence-corrected chi connectivity index (χ3v) is 3.94. The highest BCUT2D eigenvalue weighted by Crippen LogP contribution is 2.34. The third-order valence-electron chi connectivity index (χ3n) is 2.66. The van der Waals surface area contributed by atoms with E-state index in [1.165, 1.54) is 16.9 Å². The molecule has 17 heavy (non-hydrogen) atoms. The molecule has 1 aromatic heterocycles. The van der Waals surface area contributed by atoms with Gasteiger partial charge in [-0.25, -0.2) is 0 Å². The van der Waals surface area contributed by atoms with Gasteiger partial charge in [0.25, 0.3) is 0 Å². The summed E-state index contributed by atoms with van der Waals surface area (Å²) in [4.78, 5) is 0. The zero-order chi connectivity index (χ0) is 11.7. The van der Waals surface area contributed by atoms with Crippen molar-refractivity contribution in [2.24, 2.45) is 0 Å². The molecule has 1 atom stereocenters. The number of rotatable bonds is 2. The number of fused-ring (bicyclic) bond motifs is 1. The van der Waals surface area contributed by atoms with Gasteiger partial charge in [-0.05, 0) is 22.0 Å². The Morgan fingerprint density at radius 1 is 1.35 bits per heavy atom. The van der Waals surface area contributed by atoms with Crippen molar-refractivity contribution in [3.8, 4) is 5.75 Å². The van der Waals surface area contributed by atoms with Crippen molar-refractivity contribution in [2.45, 2.75) is 12.5 Å². The minimum Gasteiger partial charge on any atom is -0.493 e. The first-order valence-electron chi connectivity index (χ1n) is 5.30. The van der Waals surface area contributed by atoms with Crippen LogP contribution in [0.5, 0.6) is 5.75 Å². The molecule has 88 valence electrons. The molecular formula is C11H10BrN3OS.